The van der Waals surface area contributed by atoms with E-state index in [0.717, 1.165) is 19.3 Å². The van der Waals surface area contributed by atoms with Crippen molar-refractivity contribution in [1.82, 2.24) is 4.90 Å². The molecule has 0 fully saturated rings. The Labute approximate surface area is 144 Å². The van der Waals surface area contributed by atoms with E-state index in [1.807, 2.05) is 26.0 Å². The average molecular weight is 335 g/mol. The molecule has 134 valence electrons. The summed E-state index contributed by atoms with van der Waals surface area (Å²) in [5.41, 5.74) is 1.73. The number of rotatable bonds is 9. The Morgan fingerprint density at radius 2 is 1.71 bits per heavy atom. The normalized spacial score (nSPS) is 11.7. The van der Waals surface area contributed by atoms with Gasteiger partial charge in [0.05, 0.1) is 5.56 Å². The second-order valence-corrected chi connectivity index (χ2v) is 5.77. The highest BCUT2D eigenvalue weighted by molar-refractivity contribution is 5.89. The monoisotopic (exact) mass is 335 g/mol. The zero-order valence-corrected chi connectivity index (χ0v) is 15.2. The fourth-order valence-corrected chi connectivity index (χ4v) is 2.23. The molecule has 0 aliphatic carbocycles. The Morgan fingerprint density at radius 1 is 1.08 bits per heavy atom. The molecule has 0 aliphatic heterocycles. The van der Waals surface area contributed by atoms with Gasteiger partial charge in [-0.15, -0.1) is 0 Å². The molecule has 1 unspecified atom stereocenters. The smallest absolute Gasteiger partial charge is 0.410 e. The molecule has 0 radical (unpaired) electrons. The van der Waals surface area contributed by atoms with Crippen molar-refractivity contribution in [3.63, 3.8) is 0 Å². The van der Waals surface area contributed by atoms with E-state index in [1.165, 1.54) is 5.56 Å². The molecule has 0 spiro atoms. The molecule has 1 atom stereocenters. The lowest BCUT2D eigenvalue weighted by molar-refractivity contribution is 0.0139. The van der Waals surface area contributed by atoms with Crippen LogP contribution in [0.25, 0.3) is 0 Å². The highest BCUT2D eigenvalue weighted by Gasteiger charge is 2.16. The van der Waals surface area contributed by atoms with Crippen LogP contribution in [0, 0.1) is 0 Å². The van der Waals surface area contributed by atoms with Crippen LogP contribution in [0.1, 0.15) is 56.5 Å². The van der Waals surface area contributed by atoms with Crippen LogP contribution in [0.15, 0.2) is 24.3 Å². The maximum atomic E-state index is 12.0. The van der Waals surface area contributed by atoms with Gasteiger partial charge >= 0.3 is 12.1 Å². The SMILES string of the molecule is CCCCc1ccc(C(=O)OCC(C)OC(=O)N(CC)CC)cc1. The predicted molar refractivity (Wildman–Crippen MR) is 94.2 cm³/mol. The van der Waals surface area contributed by atoms with E-state index in [1.54, 1.807) is 24.0 Å². The number of carbonyl (C=O) groups excluding carboxylic acids is 2. The van der Waals surface area contributed by atoms with E-state index in [2.05, 4.69) is 6.92 Å². The number of esters is 1. The minimum atomic E-state index is -0.481. The third kappa shape index (κ3) is 6.60. The molecule has 0 saturated heterocycles. The van der Waals surface area contributed by atoms with Crippen molar-refractivity contribution in [2.75, 3.05) is 19.7 Å². The number of unbranched alkanes of at least 4 members (excludes halogenated alkanes) is 1. The molecule has 0 aromatic heterocycles. The first-order valence-corrected chi connectivity index (χ1v) is 8.73. The van der Waals surface area contributed by atoms with Gasteiger partial charge in [0.2, 0.25) is 0 Å². The molecular weight excluding hydrogens is 306 g/mol. The van der Waals surface area contributed by atoms with Crippen molar-refractivity contribution in [3.8, 4) is 0 Å². The molecule has 0 saturated carbocycles. The lowest BCUT2D eigenvalue weighted by Gasteiger charge is -2.21. The standard InChI is InChI=1S/C19H29NO4/c1-5-8-9-16-10-12-17(13-11-16)18(21)23-14-15(4)24-19(22)20(6-2)7-3/h10-13,15H,5-9,14H2,1-4H3. The van der Waals surface area contributed by atoms with E-state index in [0.29, 0.717) is 18.7 Å². The number of aryl methyl sites for hydroxylation is 1. The fraction of sp³-hybridized carbons (Fsp3) is 0.579. The van der Waals surface area contributed by atoms with Gasteiger partial charge in [-0.25, -0.2) is 9.59 Å². The van der Waals surface area contributed by atoms with Crippen molar-refractivity contribution >= 4 is 12.1 Å². The van der Waals surface area contributed by atoms with Gasteiger partial charge in [0.15, 0.2) is 0 Å². The third-order valence-corrected chi connectivity index (χ3v) is 3.78. The summed E-state index contributed by atoms with van der Waals surface area (Å²) in [6.07, 6.45) is 2.44. The molecular formula is C19H29NO4. The average Bonchev–Trinajstić information content (AvgIpc) is 2.59. The second kappa shape index (κ2) is 10.7. The minimum absolute atomic E-state index is 0.0451. The minimum Gasteiger partial charge on any atom is -0.458 e. The molecule has 1 rings (SSSR count). The first-order valence-electron chi connectivity index (χ1n) is 8.73. The largest absolute Gasteiger partial charge is 0.458 e. The number of hydrogen-bond donors (Lipinski definition) is 0. The molecule has 0 heterocycles. The lowest BCUT2D eigenvalue weighted by Crippen LogP contribution is -2.34. The van der Waals surface area contributed by atoms with E-state index >= 15 is 0 Å². The summed E-state index contributed by atoms with van der Waals surface area (Å²) >= 11 is 0. The van der Waals surface area contributed by atoms with E-state index in [-0.39, 0.29) is 12.7 Å². The summed E-state index contributed by atoms with van der Waals surface area (Å²) in [5, 5.41) is 0. The maximum absolute atomic E-state index is 12.0. The molecule has 5 nitrogen and oxygen atoms in total. The number of amides is 1. The van der Waals surface area contributed by atoms with Crippen LogP contribution >= 0.6 is 0 Å². The number of carbonyl (C=O) groups is 2. The van der Waals surface area contributed by atoms with Gasteiger partial charge in [-0.2, -0.15) is 0 Å². The maximum Gasteiger partial charge on any atom is 0.410 e. The lowest BCUT2D eigenvalue weighted by atomic mass is 10.1. The van der Waals surface area contributed by atoms with Gasteiger partial charge in [-0.3, -0.25) is 0 Å². The van der Waals surface area contributed by atoms with E-state index < -0.39 is 12.1 Å². The van der Waals surface area contributed by atoms with Crippen LogP contribution in [0.4, 0.5) is 4.79 Å². The summed E-state index contributed by atoms with van der Waals surface area (Å²) in [7, 11) is 0. The van der Waals surface area contributed by atoms with Crippen molar-refractivity contribution in [2.45, 2.75) is 53.1 Å². The highest BCUT2D eigenvalue weighted by Crippen LogP contribution is 2.09. The Morgan fingerprint density at radius 3 is 2.25 bits per heavy atom. The van der Waals surface area contributed by atoms with Crippen LogP contribution in [0.2, 0.25) is 0 Å². The molecule has 1 amide bonds. The van der Waals surface area contributed by atoms with Gasteiger partial charge in [0, 0.05) is 13.1 Å². The second-order valence-electron chi connectivity index (χ2n) is 5.77. The van der Waals surface area contributed by atoms with Crippen molar-refractivity contribution < 1.29 is 19.1 Å². The highest BCUT2D eigenvalue weighted by atomic mass is 16.6. The Kier molecular flexibility index (Phi) is 8.90. The quantitative estimate of drug-likeness (QED) is 0.639. The van der Waals surface area contributed by atoms with Crippen LogP contribution in [-0.2, 0) is 15.9 Å². The molecule has 1 aromatic rings. The van der Waals surface area contributed by atoms with Crippen LogP contribution < -0.4 is 0 Å². The first-order chi connectivity index (χ1) is 11.5. The molecule has 0 N–H and O–H groups in total. The van der Waals surface area contributed by atoms with Gasteiger partial charge < -0.3 is 14.4 Å². The van der Waals surface area contributed by atoms with Crippen molar-refractivity contribution in [3.05, 3.63) is 35.4 Å². The summed E-state index contributed by atoms with van der Waals surface area (Å²) in [5.74, 6) is -0.400. The molecule has 24 heavy (non-hydrogen) atoms. The summed E-state index contributed by atoms with van der Waals surface area (Å²) in [6.45, 7) is 8.86. The Bertz CT molecular complexity index is 509. The summed E-state index contributed by atoms with van der Waals surface area (Å²) in [6, 6.07) is 7.46. The molecule has 5 heteroatoms. The zero-order chi connectivity index (χ0) is 17.9. The van der Waals surface area contributed by atoms with Crippen LogP contribution in [0.3, 0.4) is 0 Å². The van der Waals surface area contributed by atoms with Crippen LogP contribution in [-0.4, -0.2) is 42.8 Å². The van der Waals surface area contributed by atoms with Crippen molar-refractivity contribution in [1.29, 1.82) is 0 Å². The van der Waals surface area contributed by atoms with Gasteiger partial charge in [-0.05, 0) is 51.3 Å². The third-order valence-electron chi connectivity index (χ3n) is 3.78. The first kappa shape index (κ1) is 20.0. The van der Waals surface area contributed by atoms with Gasteiger partial charge in [0.1, 0.15) is 12.7 Å². The Hall–Kier alpha value is -2.04. The number of ether oxygens (including phenoxy) is 2. The van der Waals surface area contributed by atoms with E-state index in [9.17, 15) is 9.59 Å². The topological polar surface area (TPSA) is 55.8 Å². The van der Waals surface area contributed by atoms with Gasteiger partial charge in [0.25, 0.3) is 0 Å². The van der Waals surface area contributed by atoms with Gasteiger partial charge in [-0.1, -0.05) is 25.5 Å². The predicted octanol–water partition coefficient (Wildman–Crippen LogP) is 4.05. The molecule has 1 aromatic carbocycles. The number of nitrogens with zero attached hydrogens (tertiary/aromatic N) is 1. The fourth-order valence-electron chi connectivity index (χ4n) is 2.23. The number of benzene rings is 1. The Balaban J connectivity index is 2.43. The van der Waals surface area contributed by atoms with E-state index in [4.69, 9.17) is 9.47 Å². The molecule has 0 aliphatic rings. The zero-order valence-electron chi connectivity index (χ0n) is 15.2. The summed E-state index contributed by atoms with van der Waals surface area (Å²) < 4.78 is 10.5. The number of hydrogen-bond acceptors (Lipinski definition) is 4. The summed E-state index contributed by atoms with van der Waals surface area (Å²) in [4.78, 5) is 25.4. The van der Waals surface area contributed by atoms with Crippen LogP contribution in [0.5, 0.6) is 0 Å². The van der Waals surface area contributed by atoms with Crippen molar-refractivity contribution in [2.24, 2.45) is 0 Å². The molecule has 0 bridgehead atoms.